The second-order valence-electron chi connectivity index (χ2n) is 8.02. The average Bonchev–Trinajstić information content (AvgIpc) is 3.38. The van der Waals surface area contributed by atoms with Crippen molar-refractivity contribution in [3.63, 3.8) is 0 Å². The van der Waals surface area contributed by atoms with Gasteiger partial charge in [-0.05, 0) is 55.5 Å². The molecule has 3 aromatic heterocycles. The van der Waals surface area contributed by atoms with Gasteiger partial charge in [0.2, 0.25) is 5.88 Å². The number of aryl methyl sites for hydroxylation is 1. The summed E-state index contributed by atoms with van der Waals surface area (Å²) in [6.45, 7) is 1.80. The number of anilines is 1. The van der Waals surface area contributed by atoms with E-state index in [1.54, 1.807) is 69.8 Å². The Morgan fingerprint density at radius 1 is 0.919 bits per heavy atom. The first-order valence-corrected chi connectivity index (χ1v) is 11.2. The number of carbonyl (C=O) groups is 1. The van der Waals surface area contributed by atoms with Crippen LogP contribution in [0.5, 0.6) is 23.1 Å². The van der Waals surface area contributed by atoms with Crippen LogP contribution in [0.1, 0.15) is 16.1 Å². The predicted molar refractivity (Wildman–Crippen MR) is 135 cm³/mol. The van der Waals surface area contributed by atoms with Crippen molar-refractivity contribution in [2.45, 2.75) is 6.92 Å². The summed E-state index contributed by atoms with van der Waals surface area (Å²) in [5.41, 5.74) is 2.78. The van der Waals surface area contributed by atoms with Gasteiger partial charge in [-0.3, -0.25) is 4.79 Å². The Bertz CT molecular complexity index is 1620. The van der Waals surface area contributed by atoms with Crippen LogP contribution in [-0.4, -0.2) is 39.7 Å². The molecule has 0 spiro atoms. The molecule has 0 aliphatic carbocycles. The van der Waals surface area contributed by atoms with Crippen LogP contribution in [0.2, 0.25) is 0 Å². The molecule has 0 bridgehead atoms. The molecule has 2 aromatic carbocycles. The number of pyridine rings is 1. The topological polar surface area (TPSA) is 99.9 Å². The summed E-state index contributed by atoms with van der Waals surface area (Å²) in [5, 5.41) is 6.86. The van der Waals surface area contributed by atoms with E-state index in [1.807, 2.05) is 6.07 Å². The first-order valence-electron chi connectivity index (χ1n) is 11.2. The average molecular weight is 500 g/mol. The molecule has 0 radical (unpaired) electrons. The fourth-order valence-corrected chi connectivity index (χ4v) is 3.76. The predicted octanol–water partition coefficient (Wildman–Crippen LogP) is 5.30. The quantitative estimate of drug-likeness (QED) is 0.324. The molecule has 0 unspecified atom stereocenters. The fraction of sp³-hybridized carbons (Fsp3) is 0.111. The molecule has 186 valence electrons. The monoisotopic (exact) mass is 499 g/mol. The van der Waals surface area contributed by atoms with E-state index in [1.165, 1.54) is 16.6 Å². The van der Waals surface area contributed by atoms with E-state index in [2.05, 4.69) is 20.4 Å². The Morgan fingerprint density at radius 2 is 1.73 bits per heavy atom. The number of hydrogen-bond acceptors (Lipinski definition) is 7. The molecule has 5 aromatic rings. The normalized spacial score (nSPS) is 10.8. The third-order valence-electron chi connectivity index (χ3n) is 5.53. The van der Waals surface area contributed by atoms with Crippen molar-refractivity contribution in [2.24, 2.45) is 0 Å². The van der Waals surface area contributed by atoms with Gasteiger partial charge in [-0.1, -0.05) is 6.07 Å². The molecule has 5 rings (SSSR count). The number of carbonyl (C=O) groups excluding carboxylic acids is 1. The Morgan fingerprint density at radius 3 is 2.51 bits per heavy atom. The molecular weight excluding hydrogens is 477 g/mol. The molecule has 0 fully saturated rings. The molecule has 10 heteroatoms. The van der Waals surface area contributed by atoms with Gasteiger partial charge in [0.1, 0.15) is 5.82 Å². The van der Waals surface area contributed by atoms with Gasteiger partial charge >= 0.3 is 0 Å². The number of nitrogens with zero attached hydrogens (tertiary/aromatic N) is 4. The number of methoxy groups -OCH3 is 2. The van der Waals surface area contributed by atoms with Crippen molar-refractivity contribution in [1.29, 1.82) is 0 Å². The van der Waals surface area contributed by atoms with Gasteiger partial charge in [-0.25, -0.2) is 14.4 Å². The second-order valence-corrected chi connectivity index (χ2v) is 8.02. The number of nitrogens with one attached hydrogen (secondary N) is 1. The van der Waals surface area contributed by atoms with E-state index in [9.17, 15) is 9.18 Å². The van der Waals surface area contributed by atoms with E-state index in [4.69, 9.17) is 14.2 Å². The minimum Gasteiger partial charge on any atom is -0.493 e. The van der Waals surface area contributed by atoms with Crippen LogP contribution < -0.4 is 19.5 Å². The summed E-state index contributed by atoms with van der Waals surface area (Å²) in [4.78, 5) is 21.7. The van der Waals surface area contributed by atoms with Crippen molar-refractivity contribution in [3.05, 3.63) is 90.0 Å². The van der Waals surface area contributed by atoms with Crippen molar-refractivity contribution >= 4 is 17.4 Å². The minimum absolute atomic E-state index is 0.0486. The lowest BCUT2D eigenvalue weighted by Gasteiger charge is -2.11. The Hall–Kier alpha value is -4.99. The summed E-state index contributed by atoms with van der Waals surface area (Å²) in [6.07, 6.45) is 1.58. The van der Waals surface area contributed by atoms with E-state index in [-0.39, 0.29) is 11.3 Å². The number of ether oxygens (including phenoxy) is 3. The van der Waals surface area contributed by atoms with E-state index in [0.717, 1.165) is 11.6 Å². The number of fused-ring (bicyclic) bond motifs is 1. The van der Waals surface area contributed by atoms with Crippen LogP contribution in [0.25, 0.3) is 16.9 Å². The summed E-state index contributed by atoms with van der Waals surface area (Å²) in [5.74, 6) is 0.507. The fourth-order valence-electron chi connectivity index (χ4n) is 3.76. The van der Waals surface area contributed by atoms with Crippen molar-refractivity contribution in [1.82, 2.24) is 19.6 Å². The maximum Gasteiger partial charge on any atom is 0.256 e. The summed E-state index contributed by atoms with van der Waals surface area (Å²) < 4.78 is 32.7. The van der Waals surface area contributed by atoms with Crippen LogP contribution in [-0.2, 0) is 0 Å². The van der Waals surface area contributed by atoms with Gasteiger partial charge in [0.15, 0.2) is 28.7 Å². The van der Waals surface area contributed by atoms with Gasteiger partial charge < -0.3 is 19.5 Å². The molecule has 0 aliphatic rings. The Kier molecular flexibility index (Phi) is 6.38. The lowest BCUT2D eigenvalue weighted by molar-refractivity contribution is 0.102. The van der Waals surface area contributed by atoms with E-state index in [0.29, 0.717) is 40.2 Å². The van der Waals surface area contributed by atoms with Crippen LogP contribution in [0.4, 0.5) is 10.2 Å². The van der Waals surface area contributed by atoms with Gasteiger partial charge in [-0.15, -0.1) is 0 Å². The first-order chi connectivity index (χ1) is 17.9. The van der Waals surface area contributed by atoms with Crippen LogP contribution in [0.3, 0.4) is 0 Å². The number of amides is 1. The van der Waals surface area contributed by atoms with Gasteiger partial charge in [0.05, 0.1) is 26.1 Å². The lowest BCUT2D eigenvalue weighted by Crippen LogP contribution is -2.13. The number of halogens is 1. The third-order valence-corrected chi connectivity index (χ3v) is 5.53. The minimum atomic E-state index is -0.700. The zero-order chi connectivity index (χ0) is 25.9. The van der Waals surface area contributed by atoms with Gasteiger partial charge in [-0.2, -0.15) is 9.61 Å². The van der Waals surface area contributed by atoms with Crippen molar-refractivity contribution in [3.8, 4) is 34.4 Å². The third kappa shape index (κ3) is 4.90. The molecule has 1 amide bonds. The lowest BCUT2D eigenvalue weighted by atomic mass is 10.1. The molecule has 37 heavy (non-hydrogen) atoms. The first kappa shape index (κ1) is 23.7. The van der Waals surface area contributed by atoms with E-state index >= 15 is 0 Å². The molecule has 9 nitrogen and oxygen atoms in total. The zero-order valence-electron chi connectivity index (χ0n) is 20.2. The highest BCUT2D eigenvalue weighted by molar-refractivity contribution is 6.04. The summed E-state index contributed by atoms with van der Waals surface area (Å²) >= 11 is 0. The molecule has 0 atom stereocenters. The maximum atomic E-state index is 14.9. The maximum absolute atomic E-state index is 14.9. The molecule has 1 N–H and O–H groups in total. The second kappa shape index (κ2) is 9.94. The molecule has 0 saturated carbocycles. The van der Waals surface area contributed by atoms with Crippen LogP contribution >= 0.6 is 0 Å². The summed E-state index contributed by atoms with van der Waals surface area (Å²) in [6, 6.07) is 18.0. The SMILES string of the molecule is COc1ccc(-c2cccc(NC(=O)c3ccc(Oc4cc(C)nc5ccnn45)c(F)c3)n2)cc1OC. The number of benzene rings is 2. The molecule has 0 saturated heterocycles. The van der Waals surface area contributed by atoms with Crippen LogP contribution in [0, 0.1) is 12.7 Å². The zero-order valence-corrected chi connectivity index (χ0v) is 20.2. The molecular formula is C27H22FN5O4. The highest BCUT2D eigenvalue weighted by Crippen LogP contribution is 2.32. The highest BCUT2D eigenvalue weighted by Gasteiger charge is 2.15. The standard InChI is InChI=1S/C27H22FN5O4/c1-16-13-26(33-25(30-16)11-12-29-33)37-21-9-8-18(14-19(21)28)27(34)32-24-6-4-5-20(31-24)17-7-10-22(35-2)23(15-17)36-3/h4-15H,1-3H3,(H,31,32,34). The van der Waals surface area contributed by atoms with E-state index < -0.39 is 11.7 Å². The largest absolute Gasteiger partial charge is 0.493 e. The van der Waals surface area contributed by atoms with Crippen molar-refractivity contribution in [2.75, 3.05) is 19.5 Å². The van der Waals surface area contributed by atoms with Gasteiger partial charge in [0.25, 0.3) is 5.91 Å². The molecule has 3 heterocycles. The summed E-state index contributed by atoms with van der Waals surface area (Å²) in [7, 11) is 3.11. The smallest absolute Gasteiger partial charge is 0.256 e. The Labute approximate surface area is 211 Å². The number of rotatable bonds is 7. The molecule has 0 aliphatic heterocycles. The number of hydrogen-bond donors (Lipinski definition) is 1. The Balaban J connectivity index is 1.34. The van der Waals surface area contributed by atoms with Gasteiger partial charge in [0, 0.05) is 29.0 Å². The van der Waals surface area contributed by atoms with Crippen molar-refractivity contribution < 1.29 is 23.4 Å². The number of aromatic nitrogens is 4. The highest BCUT2D eigenvalue weighted by atomic mass is 19.1. The van der Waals surface area contributed by atoms with Crippen LogP contribution in [0.15, 0.2) is 72.9 Å².